The van der Waals surface area contributed by atoms with Crippen LogP contribution in [0, 0.1) is 0 Å². The van der Waals surface area contributed by atoms with Crippen LogP contribution in [0.3, 0.4) is 0 Å². The Hall–Kier alpha value is -4.06. The molecule has 2 aliphatic rings. The van der Waals surface area contributed by atoms with Crippen LogP contribution in [0.25, 0.3) is 5.76 Å². The van der Waals surface area contributed by atoms with Crippen LogP contribution in [0.2, 0.25) is 0 Å². The standard InChI is InChI=1S/C29H27NO5/c1-3-34-23-11-7-10-20(16-23)26-25(27(31)21-12-13-24-22(15-21)14-18(2)35-24)28(32)29(33)30(26)17-19-8-5-4-6-9-19/h4-13,15-16,18,26,31H,3,14,17H2,1-2H3/b27-25-. The number of ketones is 1. The van der Waals surface area contributed by atoms with Crippen molar-refractivity contribution in [2.45, 2.75) is 39.0 Å². The van der Waals surface area contributed by atoms with E-state index in [1.807, 2.05) is 74.5 Å². The fourth-order valence-electron chi connectivity index (χ4n) is 4.84. The van der Waals surface area contributed by atoms with Gasteiger partial charge in [-0.05, 0) is 60.9 Å². The zero-order valence-electron chi connectivity index (χ0n) is 19.7. The molecular weight excluding hydrogens is 442 g/mol. The number of hydrogen-bond acceptors (Lipinski definition) is 5. The van der Waals surface area contributed by atoms with Gasteiger partial charge in [-0.2, -0.15) is 0 Å². The highest BCUT2D eigenvalue weighted by Crippen LogP contribution is 2.42. The second-order valence-electron chi connectivity index (χ2n) is 8.87. The van der Waals surface area contributed by atoms with Crippen molar-refractivity contribution in [3.63, 3.8) is 0 Å². The molecule has 0 aromatic heterocycles. The molecule has 2 atom stereocenters. The van der Waals surface area contributed by atoms with Crippen molar-refractivity contribution in [1.82, 2.24) is 4.90 Å². The van der Waals surface area contributed by atoms with E-state index in [0.29, 0.717) is 23.5 Å². The molecule has 0 bridgehead atoms. The maximum Gasteiger partial charge on any atom is 0.295 e. The highest BCUT2D eigenvalue weighted by Gasteiger charge is 2.46. The minimum absolute atomic E-state index is 0.0557. The molecule has 35 heavy (non-hydrogen) atoms. The molecule has 1 saturated heterocycles. The molecule has 0 aliphatic carbocycles. The molecule has 6 nitrogen and oxygen atoms in total. The number of amides is 1. The number of hydrogen-bond donors (Lipinski definition) is 1. The Labute approximate surface area is 204 Å². The van der Waals surface area contributed by atoms with E-state index in [2.05, 4.69) is 0 Å². The van der Waals surface area contributed by atoms with Crippen LogP contribution in [0.5, 0.6) is 11.5 Å². The van der Waals surface area contributed by atoms with Gasteiger partial charge in [0, 0.05) is 18.5 Å². The number of aliphatic hydroxyl groups is 1. The summed E-state index contributed by atoms with van der Waals surface area (Å²) < 4.78 is 11.4. The van der Waals surface area contributed by atoms with Crippen molar-refractivity contribution >= 4 is 17.4 Å². The Morgan fingerprint density at radius 2 is 1.86 bits per heavy atom. The molecular formula is C29H27NO5. The normalized spacial score (nSPS) is 20.6. The van der Waals surface area contributed by atoms with Crippen molar-refractivity contribution < 1.29 is 24.2 Å². The Morgan fingerprint density at radius 3 is 2.63 bits per heavy atom. The predicted octanol–water partition coefficient (Wildman–Crippen LogP) is 5.03. The third-order valence-corrected chi connectivity index (χ3v) is 6.39. The first-order valence-corrected chi connectivity index (χ1v) is 11.8. The molecule has 1 fully saturated rings. The molecule has 3 aromatic rings. The predicted molar refractivity (Wildman–Crippen MR) is 132 cm³/mol. The number of benzene rings is 3. The number of carbonyl (C=O) groups is 2. The van der Waals surface area contributed by atoms with Gasteiger partial charge in [0.05, 0.1) is 18.2 Å². The van der Waals surface area contributed by atoms with Crippen LogP contribution in [-0.4, -0.2) is 34.4 Å². The van der Waals surface area contributed by atoms with Gasteiger partial charge in [-0.3, -0.25) is 9.59 Å². The molecule has 1 N–H and O–H groups in total. The average molecular weight is 470 g/mol. The third-order valence-electron chi connectivity index (χ3n) is 6.39. The number of fused-ring (bicyclic) bond motifs is 1. The lowest BCUT2D eigenvalue weighted by Crippen LogP contribution is -2.29. The first-order chi connectivity index (χ1) is 17.0. The minimum atomic E-state index is -0.751. The quantitative estimate of drug-likeness (QED) is 0.311. The first kappa shape index (κ1) is 22.7. The summed E-state index contributed by atoms with van der Waals surface area (Å²) in [5.41, 5.74) is 3.13. The third kappa shape index (κ3) is 4.28. The molecule has 5 rings (SSSR count). The van der Waals surface area contributed by atoms with Gasteiger partial charge in [-0.15, -0.1) is 0 Å². The first-order valence-electron chi connectivity index (χ1n) is 11.8. The number of likely N-dealkylation sites (tertiary alicyclic amines) is 1. The lowest BCUT2D eigenvalue weighted by molar-refractivity contribution is -0.140. The highest BCUT2D eigenvalue weighted by molar-refractivity contribution is 6.46. The Bertz CT molecular complexity index is 1310. The monoisotopic (exact) mass is 469 g/mol. The van der Waals surface area contributed by atoms with Gasteiger partial charge in [0.2, 0.25) is 0 Å². The molecule has 0 radical (unpaired) electrons. The summed E-state index contributed by atoms with van der Waals surface area (Å²) in [6, 6.07) is 21.5. The van der Waals surface area contributed by atoms with Crippen LogP contribution < -0.4 is 9.47 Å². The molecule has 178 valence electrons. The Kier molecular flexibility index (Phi) is 6.03. The fourth-order valence-corrected chi connectivity index (χ4v) is 4.84. The zero-order chi connectivity index (χ0) is 24.5. The van der Waals surface area contributed by atoms with Crippen molar-refractivity contribution in [3.8, 4) is 11.5 Å². The Balaban J connectivity index is 1.63. The molecule has 2 aliphatic heterocycles. The van der Waals surface area contributed by atoms with Crippen molar-refractivity contribution in [3.05, 3.63) is 101 Å². The van der Waals surface area contributed by atoms with Crippen LogP contribution in [0.4, 0.5) is 0 Å². The molecule has 0 spiro atoms. The van der Waals surface area contributed by atoms with Crippen LogP contribution in [-0.2, 0) is 22.6 Å². The second kappa shape index (κ2) is 9.29. The largest absolute Gasteiger partial charge is 0.507 e. The zero-order valence-corrected chi connectivity index (χ0v) is 19.7. The summed E-state index contributed by atoms with van der Waals surface area (Å²) in [7, 11) is 0. The van der Waals surface area contributed by atoms with E-state index in [-0.39, 0.29) is 24.0 Å². The van der Waals surface area contributed by atoms with Gasteiger partial charge < -0.3 is 19.5 Å². The smallest absolute Gasteiger partial charge is 0.295 e. The summed E-state index contributed by atoms with van der Waals surface area (Å²) in [5, 5.41) is 11.4. The van der Waals surface area contributed by atoms with E-state index in [0.717, 1.165) is 23.3 Å². The summed E-state index contributed by atoms with van der Waals surface area (Å²) in [4.78, 5) is 28.1. The SMILES string of the molecule is CCOc1cccc(C2/C(=C(/O)c3ccc4c(c3)CC(C)O4)C(=O)C(=O)N2Cc2ccccc2)c1. The molecule has 0 saturated carbocycles. The van der Waals surface area contributed by atoms with E-state index >= 15 is 0 Å². The van der Waals surface area contributed by atoms with Crippen LogP contribution in [0.15, 0.2) is 78.4 Å². The number of rotatable bonds is 6. The number of aliphatic hydroxyl groups excluding tert-OH is 1. The van der Waals surface area contributed by atoms with Crippen molar-refractivity contribution in [1.29, 1.82) is 0 Å². The van der Waals surface area contributed by atoms with Gasteiger partial charge in [0.15, 0.2) is 0 Å². The summed E-state index contributed by atoms with van der Waals surface area (Å²) in [5.74, 6) is -0.109. The van der Waals surface area contributed by atoms with E-state index in [9.17, 15) is 14.7 Å². The number of ether oxygens (including phenoxy) is 2. The van der Waals surface area contributed by atoms with Crippen molar-refractivity contribution in [2.75, 3.05) is 6.61 Å². The summed E-state index contributed by atoms with van der Waals surface area (Å²) >= 11 is 0. The van der Waals surface area contributed by atoms with E-state index < -0.39 is 17.7 Å². The summed E-state index contributed by atoms with van der Waals surface area (Å²) in [6.07, 6.45) is 0.777. The van der Waals surface area contributed by atoms with E-state index in [1.54, 1.807) is 12.1 Å². The van der Waals surface area contributed by atoms with Gasteiger partial charge in [0.25, 0.3) is 11.7 Å². The molecule has 2 heterocycles. The molecule has 6 heteroatoms. The fraction of sp³-hybridized carbons (Fsp3) is 0.241. The maximum atomic E-state index is 13.3. The topological polar surface area (TPSA) is 76.1 Å². The average Bonchev–Trinajstić information content (AvgIpc) is 3.35. The van der Waals surface area contributed by atoms with E-state index in [1.165, 1.54) is 4.90 Å². The van der Waals surface area contributed by atoms with Crippen LogP contribution >= 0.6 is 0 Å². The van der Waals surface area contributed by atoms with E-state index in [4.69, 9.17) is 9.47 Å². The number of nitrogens with zero attached hydrogens (tertiary/aromatic N) is 1. The minimum Gasteiger partial charge on any atom is -0.507 e. The van der Waals surface area contributed by atoms with Gasteiger partial charge in [0.1, 0.15) is 23.4 Å². The summed E-state index contributed by atoms with van der Waals surface area (Å²) in [6.45, 7) is 4.61. The molecule has 1 amide bonds. The maximum absolute atomic E-state index is 13.3. The van der Waals surface area contributed by atoms with Gasteiger partial charge in [-0.1, -0.05) is 42.5 Å². The molecule has 2 unspecified atom stereocenters. The highest BCUT2D eigenvalue weighted by atomic mass is 16.5. The lowest BCUT2D eigenvalue weighted by Gasteiger charge is -2.26. The lowest BCUT2D eigenvalue weighted by atomic mass is 9.94. The number of Topliss-reactive ketones (excluding diaryl/α,β-unsaturated/α-hetero) is 1. The Morgan fingerprint density at radius 1 is 1.06 bits per heavy atom. The van der Waals surface area contributed by atoms with Gasteiger partial charge >= 0.3 is 0 Å². The van der Waals surface area contributed by atoms with Crippen LogP contribution in [0.1, 0.15) is 42.1 Å². The van der Waals surface area contributed by atoms with Gasteiger partial charge in [-0.25, -0.2) is 0 Å². The molecule has 3 aromatic carbocycles. The van der Waals surface area contributed by atoms with Crippen molar-refractivity contribution in [2.24, 2.45) is 0 Å². The number of carbonyl (C=O) groups excluding carboxylic acids is 2. The second-order valence-corrected chi connectivity index (χ2v) is 8.87.